The number of amides is 3. The number of alkyl halides is 3. The molecular weight excluding hydrogens is 560 g/mol. The SMILES string of the molecule is CN(C)C(=O)C(c1ccc(C(F)(F)F)cc1F)n1cnc(NC(=O)[C@@H](COCc2ccccc2)NC(=O)C(C)(C)N)c1. The van der Waals surface area contributed by atoms with Crippen LogP contribution in [0.3, 0.4) is 0 Å². The van der Waals surface area contributed by atoms with Crippen molar-refractivity contribution in [2.75, 3.05) is 26.0 Å². The summed E-state index contributed by atoms with van der Waals surface area (Å²) in [5, 5.41) is 5.05. The Morgan fingerprint density at radius 3 is 2.33 bits per heavy atom. The number of nitrogens with two attached hydrogens (primary N) is 1. The van der Waals surface area contributed by atoms with E-state index in [-0.39, 0.29) is 24.6 Å². The van der Waals surface area contributed by atoms with Crippen molar-refractivity contribution in [2.45, 2.75) is 44.3 Å². The normalized spacial score (nSPS) is 13.3. The first-order valence-electron chi connectivity index (χ1n) is 12.7. The summed E-state index contributed by atoms with van der Waals surface area (Å²) >= 11 is 0. The van der Waals surface area contributed by atoms with E-state index >= 15 is 0 Å². The monoisotopic (exact) mass is 592 g/mol. The van der Waals surface area contributed by atoms with Crippen LogP contribution in [0.15, 0.2) is 61.1 Å². The molecule has 0 fully saturated rings. The lowest BCUT2D eigenvalue weighted by atomic mass is 10.0. The van der Waals surface area contributed by atoms with Crippen molar-refractivity contribution in [3.63, 3.8) is 0 Å². The highest BCUT2D eigenvalue weighted by atomic mass is 19.4. The third-order valence-electron chi connectivity index (χ3n) is 6.05. The molecular formula is C28H32F4N6O4. The van der Waals surface area contributed by atoms with Crippen LogP contribution in [0.4, 0.5) is 23.4 Å². The van der Waals surface area contributed by atoms with Crippen LogP contribution in [0.5, 0.6) is 0 Å². The van der Waals surface area contributed by atoms with Gasteiger partial charge < -0.3 is 30.6 Å². The van der Waals surface area contributed by atoms with Crippen molar-refractivity contribution in [3.8, 4) is 0 Å². The second kappa shape index (κ2) is 13.1. The summed E-state index contributed by atoms with van der Waals surface area (Å²) in [6, 6.07) is 8.39. The fourth-order valence-corrected chi connectivity index (χ4v) is 3.74. The maximum Gasteiger partial charge on any atom is 0.416 e. The van der Waals surface area contributed by atoms with Gasteiger partial charge in [0.15, 0.2) is 5.82 Å². The molecule has 0 radical (unpaired) electrons. The molecule has 4 N–H and O–H groups in total. The van der Waals surface area contributed by atoms with Gasteiger partial charge in [-0.05, 0) is 31.5 Å². The second-order valence-electron chi connectivity index (χ2n) is 10.3. The number of nitrogens with zero attached hydrogens (tertiary/aromatic N) is 3. The predicted octanol–water partition coefficient (Wildman–Crippen LogP) is 3.10. The van der Waals surface area contributed by atoms with Gasteiger partial charge in [0.05, 0.1) is 30.6 Å². The Labute approximate surface area is 239 Å². The third-order valence-corrected chi connectivity index (χ3v) is 6.05. The molecule has 10 nitrogen and oxygen atoms in total. The Morgan fingerprint density at radius 1 is 1.10 bits per heavy atom. The van der Waals surface area contributed by atoms with E-state index in [9.17, 15) is 31.9 Å². The van der Waals surface area contributed by atoms with E-state index in [2.05, 4.69) is 15.6 Å². The third kappa shape index (κ3) is 8.36. The van der Waals surface area contributed by atoms with E-state index in [0.29, 0.717) is 12.1 Å². The molecule has 3 aromatic rings. The molecule has 2 aromatic carbocycles. The molecule has 3 amide bonds. The van der Waals surface area contributed by atoms with Crippen molar-refractivity contribution >= 4 is 23.5 Å². The van der Waals surface area contributed by atoms with E-state index in [0.717, 1.165) is 27.4 Å². The van der Waals surface area contributed by atoms with E-state index in [1.54, 1.807) is 0 Å². The molecule has 2 atom stereocenters. The standard InChI is InChI=1S/C28H32F4N6O4/c1-27(2,33)26(41)35-21(15-42-14-17-8-6-5-7-9-17)24(39)36-22-13-38(16-34-22)23(25(40)37(3)4)19-11-10-18(12-20(19)29)28(30,31)32/h5-13,16,21,23H,14-15,33H2,1-4H3,(H,35,41)(H,36,39)/t21-,23?/m1/s1. The molecule has 3 rings (SSSR count). The summed E-state index contributed by atoms with van der Waals surface area (Å²) in [6.07, 6.45) is -2.43. The van der Waals surface area contributed by atoms with Gasteiger partial charge in [0, 0.05) is 25.9 Å². The number of hydrogen-bond donors (Lipinski definition) is 3. The summed E-state index contributed by atoms with van der Waals surface area (Å²) in [5.41, 5.74) is 3.86. The molecule has 0 aliphatic rings. The van der Waals surface area contributed by atoms with E-state index in [1.807, 2.05) is 30.3 Å². The number of nitrogens with one attached hydrogen (secondary N) is 2. The van der Waals surface area contributed by atoms with Gasteiger partial charge in [-0.3, -0.25) is 14.4 Å². The number of imidazole rings is 1. The highest BCUT2D eigenvalue weighted by Gasteiger charge is 2.34. The summed E-state index contributed by atoms with van der Waals surface area (Å²) in [6.45, 7) is 2.87. The Kier molecular flexibility index (Phi) is 10.1. The molecule has 0 bridgehead atoms. The van der Waals surface area contributed by atoms with Crippen LogP contribution >= 0.6 is 0 Å². The molecule has 1 heterocycles. The van der Waals surface area contributed by atoms with Crippen LogP contribution in [0.1, 0.15) is 36.6 Å². The van der Waals surface area contributed by atoms with Crippen molar-refractivity contribution in [3.05, 3.63) is 83.6 Å². The molecule has 0 saturated heterocycles. The fourth-order valence-electron chi connectivity index (χ4n) is 3.74. The van der Waals surface area contributed by atoms with Crippen molar-refractivity contribution in [1.29, 1.82) is 0 Å². The number of benzene rings is 2. The average Bonchev–Trinajstić information content (AvgIpc) is 3.36. The smallest absolute Gasteiger partial charge is 0.374 e. The number of halogens is 4. The first-order chi connectivity index (χ1) is 19.6. The molecule has 14 heteroatoms. The summed E-state index contributed by atoms with van der Waals surface area (Å²) < 4.78 is 60.9. The van der Waals surface area contributed by atoms with Crippen LogP contribution in [0.2, 0.25) is 0 Å². The van der Waals surface area contributed by atoms with Crippen LogP contribution in [0, 0.1) is 5.82 Å². The molecule has 0 aliphatic carbocycles. The zero-order chi connectivity index (χ0) is 31.2. The van der Waals surface area contributed by atoms with E-state index < -0.39 is 52.9 Å². The second-order valence-corrected chi connectivity index (χ2v) is 10.3. The molecule has 0 aliphatic heterocycles. The number of anilines is 1. The number of aromatic nitrogens is 2. The van der Waals surface area contributed by atoms with Gasteiger partial charge in [-0.25, -0.2) is 9.37 Å². The minimum absolute atomic E-state index is 0.0711. The molecule has 0 saturated carbocycles. The number of ether oxygens (including phenoxy) is 1. The maximum atomic E-state index is 14.9. The lowest BCUT2D eigenvalue weighted by Gasteiger charge is -2.24. The quantitative estimate of drug-likeness (QED) is 0.294. The maximum absolute atomic E-state index is 14.9. The van der Waals surface area contributed by atoms with Gasteiger partial charge in [-0.15, -0.1) is 0 Å². The molecule has 1 unspecified atom stereocenters. The Morgan fingerprint density at radius 2 is 1.76 bits per heavy atom. The highest BCUT2D eigenvalue weighted by Crippen LogP contribution is 2.32. The minimum Gasteiger partial charge on any atom is -0.374 e. The lowest BCUT2D eigenvalue weighted by molar-refractivity contribution is -0.137. The van der Waals surface area contributed by atoms with Gasteiger partial charge in [-0.1, -0.05) is 36.4 Å². The molecule has 42 heavy (non-hydrogen) atoms. The van der Waals surface area contributed by atoms with E-state index in [1.165, 1.54) is 34.1 Å². The van der Waals surface area contributed by atoms with Gasteiger partial charge in [0.2, 0.25) is 11.8 Å². The number of rotatable bonds is 11. The number of hydrogen-bond acceptors (Lipinski definition) is 6. The van der Waals surface area contributed by atoms with Crippen LogP contribution < -0.4 is 16.4 Å². The van der Waals surface area contributed by atoms with Crippen molar-refractivity contribution < 1.29 is 36.7 Å². The summed E-state index contributed by atoms with van der Waals surface area (Å²) in [4.78, 5) is 43.9. The predicted molar refractivity (Wildman–Crippen MR) is 145 cm³/mol. The van der Waals surface area contributed by atoms with Gasteiger partial charge >= 0.3 is 6.18 Å². The molecule has 1 aromatic heterocycles. The lowest BCUT2D eigenvalue weighted by Crippen LogP contribution is -2.56. The highest BCUT2D eigenvalue weighted by molar-refractivity contribution is 5.98. The van der Waals surface area contributed by atoms with Crippen LogP contribution in [-0.2, 0) is 31.9 Å². The Bertz CT molecular complexity index is 1400. The summed E-state index contributed by atoms with van der Waals surface area (Å²) in [7, 11) is 2.80. The van der Waals surface area contributed by atoms with Gasteiger partial charge in [0.25, 0.3) is 5.91 Å². The van der Waals surface area contributed by atoms with E-state index in [4.69, 9.17) is 10.5 Å². The molecule has 226 valence electrons. The number of likely N-dealkylation sites (N-methyl/N-ethyl adjacent to an activating group) is 1. The first kappa shape index (κ1) is 32.2. The van der Waals surface area contributed by atoms with Crippen LogP contribution in [-0.4, -0.2) is 64.5 Å². The topological polar surface area (TPSA) is 132 Å². The van der Waals surface area contributed by atoms with Crippen molar-refractivity contribution in [1.82, 2.24) is 19.8 Å². The van der Waals surface area contributed by atoms with Crippen molar-refractivity contribution in [2.24, 2.45) is 5.73 Å². The number of carbonyl (C=O) groups excluding carboxylic acids is 3. The zero-order valence-electron chi connectivity index (χ0n) is 23.4. The Balaban J connectivity index is 1.83. The van der Waals surface area contributed by atoms with Gasteiger partial charge in [-0.2, -0.15) is 13.2 Å². The van der Waals surface area contributed by atoms with Crippen LogP contribution in [0.25, 0.3) is 0 Å². The fraction of sp³-hybridized carbons (Fsp3) is 0.357. The number of carbonyl (C=O) groups is 3. The Hall–Kier alpha value is -4.30. The average molecular weight is 593 g/mol. The van der Waals surface area contributed by atoms with Gasteiger partial charge in [0.1, 0.15) is 17.9 Å². The molecule has 0 spiro atoms. The minimum atomic E-state index is -4.78. The summed E-state index contributed by atoms with van der Waals surface area (Å²) in [5.74, 6) is -3.31. The first-order valence-corrected chi connectivity index (χ1v) is 12.7. The largest absolute Gasteiger partial charge is 0.416 e. The zero-order valence-corrected chi connectivity index (χ0v) is 23.4.